The van der Waals surface area contributed by atoms with E-state index in [1.165, 1.54) is 18.7 Å². The van der Waals surface area contributed by atoms with Gasteiger partial charge < -0.3 is 19.5 Å². The minimum Gasteiger partial charge on any atom is -0.378 e. The number of morpholine rings is 1. The molecule has 3 rings (SSSR count). The molecule has 1 aliphatic heterocycles. The maximum atomic E-state index is 12.7. The second kappa shape index (κ2) is 8.82. The van der Waals surface area contributed by atoms with Crippen molar-refractivity contribution in [2.75, 3.05) is 26.3 Å². The summed E-state index contributed by atoms with van der Waals surface area (Å²) in [5.41, 5.74) is -0.465. The van der Waals surface area contributed by atoms with Crippen LogP contribution in [0.15, 0.2) is 17.1 Å². The summed E-state index contributed by atoms with van der Waals surface area (Å²) in [7, 11) is 0. The van der Waals surface area contributed by atoms with Crippen LogP contribution in [0.3, 0.4) is 0 Å². The third kappa shape index (κ3) is 4.74. The number of amides is 2. The van der Waals surface area contributed by atoms with Crippen LogP contribution >= 0.6 is 0 Å². The predicted octanol–water partition coefficient (Wildman–Crippen LogP) is 0.641. The lowest BCUT2D eigenvalue weighted by atomic mass is 9.95. The normalized spacial score (nSPS) is 18.0. The van der Waals surface area contributed by atoms with Crippen molar-refractivity contribution in [2.24, 2.45) is 0 Å². The zero-order valence-electron chi connectivity index (χ0n) is 15.3. The van der Waals surface area contributed by atoms with Crippen LogP contribution in [-0.4, -0.2) is 53.6 Å². The van der Waals surface area contributed by atoms with Crippen molar-refractivity contribution in [3.05, 3.63) is 33.7 Å². The zero-order chi connectivity index (χ0) is 19.2. The molecule has 1 aliphatic carbocycles. The molecule has 8 nitrogen and oxygen atoms in total. The van der Waals surface area contributed by atoms with Crippen LogP contribution < -0.4 is 10.9 Å². The second-order valence-corrected chi connectivity index (χ2v) is 6.99. The van der Waals surface area contributed by atoms with Gasteiger partial charge in [-0.3, -0.25) is 14.4 Å². The molecule has 1 saturated carbocycles. The van der Waals surface area contributed by atoms with Gasteiger partial charge in [0.15, 0.2) is 0 Å². The number of pyridine rings is 1. The summed E-state index contributed by atoms with van der Waals surface area (Å²) >= 11 is 0. The van der Waals surface area contributed by atoms with Crippen LogP contribution in [0.25, 0.3) is 0 Å². The van der Waals surface area contributed by atoms with E-state index in [0.29, 0.717) is 26.3 Å². The standard InChI is InChI=1S/C19H24N4O4/c20-11-14-10-15(19(26)22-6-8-27-9-7-22)12-23(18(14)25)13-17(24)21-16-4-2-1-3-5-16/h10,12,16H,1-9,13H2,(H,21,24). The van der Waals surface area contributed by atoms with E-state index >= 15 is 0 Å². The largest absolute Gasteiger partial charge is 0.378 e. The van der Waals surface area contributed by atoms with E-state index in [1.54, 1.807) is 4.90 Å². The first-order chi connectivity index (χ1) is 13.1. The van der Waals surface area contributed by atoms with Gasteiger partial charge in [-0.05, 0) is 18.9 Å². The molecule has 1 aromatic heterocycles. The minimum absolute atomic E-state index is 0.135. The predicted molar refractivity (Wildman–Crippen MR) is 97.2 cm³/mol. The number of nitrogens with one attached hydrogen (secondary N) is 1. The number of hydrogen-bond donors (Lipinski definition) is 1. The number of nitriles is 1. The Balaban J connectivity index is 1.77. The highest BCUT2D eigenvalue weighted by atomic mass is 16.5. The minimum atomic E-state index is -0.560. The molecule has 2 fully saturated rings. The van der Waals surface area contributed by atoms with Crippen molar-refractivity contribution in [1.29, 1.82) is 5.26 Å². The van der Waals surface area contributed by atoms with Gasteiger partial charge in [-0.15, -0.1) is 0 Å². The fourth-order valence-corrected chi connectivity index (χ4v) is 3.57. The van der Waals surface area contributed by atoms with Crippen molar-refractivity contribution >= 4 is 11.8 Å². The molecular formula is C19H24N4O4. The number of ether oxygens (including phenoxy) is 1. The molecular weight excluding hydrogens is 348 g/mol. The van der Waals surface area contributed by atoms with E-state index < -0.39 is 5.56 Å². The van der Waals surface area contributed by atoms with Gasteiger partial charge in [0, 0.05) is 25.3 Å². The first kappa shape index (κ1) is 19.1. The van der Waals surface area contributed by atoms with E-state index in [-0.39, 0.29) is 35.5 Å². The maximum Gasteiger partial charge on any atom is 0.268 e. The molecule has 1 N–H and O–H groups in total. The Bertz CT molecular complexity index is 799. The monoisotopic (exact) mass is 372 g/mol. The maximum absolute atomic E-state index is 12.7. The van der Waals surface area contributed by atoms with Gasteiger partial charge in [-0.1, -0.05) is 19.3 Å². The highest BCUT2D eigenvalue weighted by Crippen LogP contribution is 2.17. The first-order valence-electron chi connectivity index (χ1n) is 9.39. The molecule has 0 unspecified atom stereocenters. The van der Waals surface area contributed by atoms with Crippen LogP contribution in [0, 0.1) is 11.3 Å². The zero-order valence-corrected chi connectivity index (χ0v) is 15.3. The average Bonchev–Trinajstić information content (AvgIpc) is 2.70. The van der Waals surface area contributed by atoms with Crippen LogP contribution in [-0.2, 0) is 16.1 Å². The summed E-state index contributed by atoms with van der Waals surface area (Å²) in [6, 6.07) is 3.26. The summed E-state index contributed by atoms with van der Waals surface area (Å²) < 4.78 is 6.40. The van der Waals surface area contributed by atoms with Crippen LogP contribution in [0.2, 0.25) is 0 Å². The first-order valence-corrected chi connectivity index (χ1v) is 9.39. The van der Waals surface area contributed by atoms with Crippen molar-refractivity contribution in [2.45, 2.75) is 44.7 Å². The lowest BCUT2D eigenvalue weighted by Crippen LogP contribution is -2.42. The van der Waals surface area contributed by atoms with E-state index in [9.17, 15) is 19.6 Å². The molecule has 2 aliphatic rings. The van der Waals surface area contributed by atoms with Crippen molar-refractivity contribution in [1.82, 2.24) is 14.8 Å². The molecule has 8 heteroatoms. The molecule has 27 heavy (non-hydrogen) atoms. The summed E-state index contributed by atoms with van der Waals surface area (Å²) in [5.74, 6) is -0.542. The molecule has 2 heterocycles. The topological polar surface area (TPSA) is 104 Å². The average molecular weight is 372 g/mol. The number of carbonyl (C=O) groups is 2. The SMILES string of the molecule is N#Cc1cc(C(=O)N2CCOCC2)cn(CC(=O)NC2CCCCC2)c1=O. The Morgan fingerprint density at radius 3 is 2.59 bits per heavy atom. The Kier molecular flexibility index (Phi) is 6.24. The van der Waals surface area contributed by atoms with E-state index in [4.69, 9.17) is 4.74 Å². The highest BCUT2D eigenvalue weighted by molar-refractivity contribution is 5.94. The lowest BCUT2D eigenvalue weighted by Gasteiger charge is -2.27. The molecule has 0 aromatic carbocycles. The second-order valence-electron chi connectivity index (χ2n) is 6.99. The summed E-state index contributed by atoms with van der Waals surface area (Å²) in [6.07, 6.45) is 6.63. The lowest BCUT2D eigenvalue weighted by molar-refractivity contribution is -0.122. The van der Waals surface area contributed by atoms with Gasteiger partial charge in [-0.25, -0.2) is 0 Å². The van der Waals surface area contributed by atoms with Gasteiger partial charge in [0.1, 0.15) is 18.2 Å². The Morgan fingerprint density at radius 2 is 1.93 bits per heavy atom. The Hall–Kier alpha value is -2.66. The van der Waals surface area contributed by atoms with Gasteiger partial charge >= 0.3 is 0 Å². The number of carbonyl (C=O) groups excluding carboxylic acids is 2. The third-order valence-electron chi connectivity index (χ3n) is 5.04. The van der Waals surface area contributed by atoms with Gasteiger partial charge in [0.25, 0.3) is 11.5 Å². The molecule has 0 radical (unpaired) electrons. The van der Waals surface area contributed by atoms with Gasteiger partial charge in [0.2, 0.25) is 5.91 Å². The van der Waals surface area contributed by atoms with Crippen molar-refractivity contribution in [3.63, 3.8) is 0 Å². The number of hydrogen-bond acceptors (Lipinski definition) is 5. The summed E-state index contributed by atoms with van der Waals surface area (Å²) in [4.78, 5) is 39.0. The quantitative estimate of drug-likeness (QED) is 0.835. The van der Waals surface area contributed by atoms with Crippen molar-refractivity contribution < 1.29 is 14.3 Å². The molecule has 0 atom stereocenters. The number of nitrogens with zero attached hydrogens (tertiary/aromatic N) is 3. The van der Waals surface area contributed by atoms with Gasteiger partial charge in [0.05, 0.1) is 18.8 Å². The van der Waals surface area contributed by atoms with E-state index in [2.05, 4.69) is 5.32 Å². The smallest absolute Gasteiger partial charge is 0.268 e. The van der Waals surface area contributed by atoms with Crippen LogP contribution in [0.5, 0.6) is 0 Å². The Morgan fingerprint density at radius 1 is 1.22 bits per heavy atom. The molecule has 0 spiro atoms. The van der Waals surface area contributed by atoms with Crippen molar-refractivity contribution in [3.8, 4) is 6.07 Å². The summed E-state index contributed by atoms with van der Waals surface area (Å²) in [5, 5.41) is 12.2. The third-order valence-corrected chi connectivity index (χ3v) is 5.04. The van der Waals surface area contributed by atoms with Crippen LogP contribution in [0.4, 0.5) is 0 Å². The van der Waals surface area contributed by atoms with Gasteiger partial charge in [-0.2, -0.15) is 5.26 Å². The molecule has 0 bridgehead atoms. The highest BCUT2D eigenvalue weighted by Gasteiger charge is 2.22. The molecule has 1 saturated heterocycles. The molecule has 2 amide bonds. The number of aromatic nitrogens is 1. The van der Waals surface area contributed by atoms with E-state index in [0.717, 1.165) is 30.3 Å². The fourth-order valence-electron chi connectivity index (χ4n) is 3.57. The van der Waals surface area contributed by atoms with Crippen LogP contribution in [0.1, 0.15) is 48.0 Å². The van der Waals surface area contributed by atoms with E-state index in [1.807, 2.05) is 6.07 Å². The fraction of sp³-hybridized carbons (Fsp3) is 0.579. The summed E-state index contributed by atoms with van der Waals surface area (Å²) in [6.45, 7) is 1.64. The molecule has 144 valence electrons. The number of rotatable bonds is 4. The molecule has 1 aromatic rings. The Labute approximate surface area is 157 Å².